The highest BCUT2D eigenvalue weighted by molar-refractivity contribution is 6.14. The van der Waals surface area contributed by atoms with Gasteiger partial charge in [0.15, 0.2) is 18.0 Å². The first-order chi connectivity index (χ1) is 23.5. The number of imide groups is 1. The molecule has 2 saturated heterocycles. The minimum Gasteiger partial charge on any atom is -0.443 e. The van der Waals surface area contributed by atoms with E-state index in [1.165, 1.54) is 23.2 Å². The van der Waals surface area contributed by atoms with Crippen molar-refractivity contribution in [2.45, 2.75) is 65.0 Å². The summed E-state index contributed by atoms with van der Waals surface area (Å²) in [7, 11) is 0. The average molecular weight is 692 g/mol. The summed E-state index contributed by atoms with van der Waals surface area (Å²) in [5.41, 5.74) is -0.511. The van der Waals surface area contributed by atoms with E-state index in [0.29, 0.717) is 40.2 Å². The number of pyridine rings is 1. The number of hydrogen-bond acceptors (Lipinski definition) is 11. The highest BCUT2D eigenvalue weighted by Gasteiger charge is 2.40. The van der Waals surface area contributed by atoms with Crippen molar-refractivity contribution in [2.24, 2.45) is 0 Å². The van der Waals surface area contributed by atoms with Gasteiger partial charge in [-0.1, -0.05) is 6.07 Å². The molecule has 2 atom stereocenters. The smallest absolute Gasteiger partial charge is 0.425 e. The molecule has 15 heteroatoms. The molecule has 2 aromatic carbocycles. The molecule has 0 unspecified atom stereocenters. The lowest BCUT2D eigenvalue weighted by molar-refractivity contribution is -0.150. The normalized spacial score (nSPS) is 17.7. The fourth-order valence-corrected chi connectivity index (χ4v) is 5.34. The van der Waals surface area contributed by atoms with Gasteiger partial charge in [0.1, 0.15) is 17.8 Å². The molecule has 266 valence electrons. The second-order valence-corrected chi connectivity index (χ2v) is 13.7. The molecule has 0 bridgehead atoms. The number of benzene rings is 2. The number of anilines is 4. The Labute approximate surface area is 289 Å². The van der Waals surface area contributed by atoms with Crippen LogP contribution in [0.1, 0.15) is 41.5 Å². The van der Waals surface area contributed by atoms with Crippen molar-refractivity contribution in [3.63, 3.8) is 0 Å². The molecular formula is C35H41N5O10. The van der Waals surface area contributed by atoms with Gasteiger partial charge < -0.3 is 39.2 Å². The number of amides is 5. The summed E-state index contributed by atoms with van der Waals surface area (Å²) in [5, 5.41) is 14.5. The lowest BCUT2D eigenvalue weighted by atomic mass is 10.1. The zero-order valence-corrected chi connectivity index (χ0v) is 28.8. The maximum Gasteiger partial charge on any atom is 0.425 e. The van der Waals surface area contributed by atoms with Crippen LogP contribution in [-0.4, -0.2) is 96.3 Å². The Hall–Kier alpha value is -5.12. The number of carbonyl (C=O) groups is 5. The van der Waals surface area contributed by atoms with Gasteiger partial charge in [-0.05, 0) is 89.4 Å². The van der Waals surface area contributed by atoms with E-state index in [4.69, 9.17) is 18.9 Å². The predicted molar refractivity (Wildman–Crippen MR) is 183 cm³/mol. The summed E-state index contributed by atoms with van der Waals surface area (Å²) < 4.78 is 21.7. The number of aliphatic hydroxyl groups excluding tert-OH is 1. The van der Waals surface area contributed by atoms with Crippen LogP contribution in [0, 0.1) is 0 Å². The van der Waals surface area contributed by atoms with Crippen LogP contribution >= 0.6 is 0 Å². The van der Waals surface area contributed by atoms with E-state index in [1.807, 2.05) is 0 Å². The third kappa shape index (κ3) is 8.35. The molecule has 0 aliphatic carbocycles. The largest absolute Gasteiger partial charge is 0.443 e. The maximum atomic E-state index is 13.5. The monoisotopic (exact) mass is 691 g/mol. The Balaban J connectivity index is 1.34. The van der Waals surface area contributed by atoms with Crippen LogP contribution in [-0.2, 0) is 33.3 Å². The van der Waals surface area contributed by atoms with Crippen molar-refractivity contribution in [2.75, 3.05) is 52.9 Å². The Morgan fingerprint density at radius 2 is 1.56 bits per heavy atom. The van der Waals surface area contributed by atoms with Gasteiger partial charge in [-0.3, -0.25) is 14.4 Å². The van der Waals surface area contributed by atoms with Gasteiger partial charge in [0.2, 0.25) is 0 Å². The third-order valence-corrected chi connectivity index (χ3v) is 7.49. The van der Waals surface area contributed by atoms with Gasteiger partial charge in [-0.15, -0.1) is 0 Å². The summed E-state index contributed by atoms with van der Waals surface area (Å²) in [6.45, 7) is 10.9. The van der Waals surface area contributed by atoms with E-state index in [9.17, 15) is 29.1 Å². The lowest BCUT2D eigenvalue weighted by Crippen LogP contribution is -2.55. The van der Waals surface area contributed by atoms with E-state index < -0.39 is 47.4 Å². The maximum absolute atomic E-state index is 13.5. The van der Waals surface area contributed by atoms with Crippen molar-refractivity contribution in [3.05, 3.63) is 54.7 Å². The number of morpholine rings is 2. The standard InChI is InChI=1S/C35H41N5O10/c1-34(2,3)49-32(45)40(33(46)50-35(4,5)6)29-25-11-10-22(18-21(25)12-13-36-29)37-30(43)27(42)28-31(44)39(15-17-48-28)24-9-7-8-23(19-24)38-14-16-47-20-26(38)41/h7-13,18-19,27-28,42H,14-17,20H2,1-6H3,(H,37,43)/t27-,28-/m1/s1. The molecule has 2 N–H and O–H groups in total. The summed E-state index contributed by atoms with van der Waals surface area (Å²) in [5.74, 6) is -1.76. The van der Waals surface area contributed by atoms with Gasteiger partial charge in [-0.25, -0.2) is 14.6 Å². The van der Waals surface area contributed by atoms with Gasteiger partial charge >= 0.3 is 12.2 Å². The molecule has 2 aliphatic heterocycles. The van der Waals surface area contributed by atoms with Gasteiger partial charge in [-0.2, -0.15) is 4.90 Å². The van der Waals surface area contributed by atoms with Crippen molar-refractivity contribution in [1.82, 2.24) is 4.98 Å². The fraction of sp³-hybridized carbons (Fsp3) is 0.429. The lowest BCUT2D eigenvalue weighted by Gasteiger charge is -2.35. The van der Waals surface area contributed by atoms with Crippen LogP contribution in [0.2, 0.25) is 0 Å². The number of hydrogen-bond donors (Lipinski definition) is 2. The molecule has 5 amide bonds. The van der Waals surface area contributed by atoms with Crippen molar-refractivity contribution >= 4 is 63.6 Å². The number of ether oxygens (including phenoxy) is 4. The van der Waals surface area contributed by atoms with E-state index in [2.05, 4.69) is 10.3 Å². The molecule has 3 heterocycles. The summed E-state index contributed by atoms with van der Waals surface area (Å²) in [4.78, 5) is 73.5. The first-order valence-electron chi connectivity index (χ1n) is 16.1. The number of carbonyl (C=O) groups excluding carboxylic acids is 5. The Morgan fingerprint density at radius 3 is 2.20 bits per heavy atom. The number of nitrogens with zero attached hydrogens (tertiary/aromatic N) is 4. The predicted octanol–water partition coefficient (Wildman–Crippen LogP) is 4.01. The summed E-state index contributed by atoms with van der Waals surface area (Å²) >= 11 is 0. The number of aromatic nitrogens is 1. The van der Waals surface area contributed by atoms with Crippen molar-refractivity contribution < 1.29 is 48.0 Å². The molecule has 2 fully saturated rings. The molecule has 15 nitrogen and oxygen atoms in total. The van der Waals surface area contributed by atoms with Gasteiger partial charge in [0.05, 0.1) is 13.2 Å². The molecule has 0 radical (unpaired) electrons. The minimum absolute atomic E-state index is 0.0318. The van der Waals surface area contributed by atoms with Crippen molar-refractivity contribution in [1.29, 1.82) is 0 Å². The summed E-state index contributed by atoms with van der Waals surface area (Å²) in [6.07, 6.45) is -3.95. The quantitative estimate of drug-likeness (QED) is 0.382. The Kier molecular flexibility index (Phi) is 10.4. The first-order valence-corrected chi connectivity index (χ1v) is 16.1. The topological polar surface area (TPSA) is 177 Å². The van der Waals surface area contributed by atoms with Gasteiger partial charge in [0.25, 0.3) is 17.7 Å². The van der Waals surface area contributed by atoms with E-state index in [0.717, 1.165) is 0 Å². The molecule has 5 rings (SSSR count). The molecular weight excluding hydrogens is 650 g/mol. The summed E-state index contributed by atoms with van der Waals surface area (Å²) in [6, 6.07) is 13.1. The van der Waals surface area contributed by atoms with E-state index >= 15 is 0 Å². The molecule has 0 saturated carbocycles. The fourth-order valence-electron chi connectivity index (χ4n) is 5.34. The molecule has 50 heavy (non-hydrogen) atoms. The SMILES string of the molecule is CC(C)(C)OC(=O)N(C(=O)OC(C)(C)C)c1nccc2cc(NC(=O)[C@H](O)[C@H]3OCCN(c4cccc(N5CCOCC5=O)c4)C3=O)ccc12. The molecule has 0 spiro atoms. The van der Waals surface area contributed by atoms with Crippen LogP contribution in [0.4, 0.5) is 32.5 Å². The number of fused-ring (bicyclic) bond motifs is 1. The number of rotatable bonds is 6. The third-order valence-electron chi connectivity index (χ3n) is 7.49. The highest BCUT2D eigenvalue weighted by atomic mass is 16.6. The van der Waals surface area contributed by atoms with Crippen LogP contribution in [0.25, 0.3) is 10.8 Å². The van der Waals surface area contributed by atoms with E-state index in [-0.39, 0.29) is 37.2 Å². The zero-order valence-electron chi connectivity index (χ0n) is 28.8. The van der Waals surface area contributed by atoms with E-state index in [1.54, 1.807) is 82.8 Å². The second kappa shape index (κ2) is 14.4. The molecule has 3 aromatic rings. The molecule has 2 aliphatic rings. The number of aliphatic hydroxyl groups is 1. The minimum atomic E-state index is -1.87. The number of nitrogens with one attached hydrogen (secondary N) is 1. The van der Waals surface area contributed by atoms with Crippen LogP contribution in [0.15, 0.2) is 54.7 Å². The first kappa shape index (κ1) is 36.2. The second-order valence-electron chi connectivity index (χ2n) is 13.7. The highest BCUT2D eigenvalue weighted by Crippen LogP contribution is 2.31. The molecule has 1 aromatic heterocycles. The van der Waals surface area contributed by atoms with Gasteiger partial charge in [0, 0.05) is 41.7 Å². The average Bonchev–Trinajstić information content (AvgIpc) is 3.03. The van der Waals surface area contributed by atoms with Crippen LogP contribution in [0.3, 0.4) is 0 Å². The van der Waals surface area contributed by atoms with Crippen molar-refractivity contribution in [3.8, 4) is 0 Å². The Bertz CT molecular complexity index is 1770. The Morgan fingerprint density at radius 1 is 0.920 bits per heavy atom. The zero-order chi connectivity index (χ0) is 36.4. The van der Waals surface area contributed by atoms with Crippen LogP contribution in [0.5, 0.6) is 0 Å². The van der Waals surface area contributed by atoms with Crippen LogP contribution < -0.4 is 20.0 Å².